The summed E-state index contributed by atoms with van der Waals surface area (Å²) in [5.41, 5.74) is 1.80. The van der Waals surface area contributed by atoms with Crippen molar-refractivity contribution in [2.24, 2.45) is 0 Å². The Morgan fingerprint density at radius 1 is 1.25 bits per heavy atom. The summed E-state index contributed by atoms with van der Waals surface area (Å²) >= 11 is 0. The minimum absolute atomic E-state index is 0.355. The number of nitrogens with zero attached hydrogens (tertiary/aromatic N) is 3. The number of pyridine rings is 1. The first-order chi connectivity index (χ1) is 11.7. The van der Waals surface area contributed by atoms with Crippen molar-refractivity contribution < 1.29 is 9.32 Å². The first-order valence-corrected chi connectivity index (χ1v) is 7.11. The molecule has 0 aliphatic rings. The van der Waals surface area contributed by atoms with Crippen molar-refractivity contribution >= 4 is 23.1 Å². The molecule has 0 fully saturated rings. The molecule has 3 aromatic rings. The van der Waals surface area contributed by atoms with Crippen LogP contribution in [0.4, 0.5) is 17.2 Å². The van der Waals surface area contributed by atoms with E-state index in [1.54, 1.807) is 49.5 Å². The fraction of sp³-hybridized carbons (Fsp3) is 0.0588. The summed E-state index contributed by atoms with van der Waals surface area (Å²) in [5, 5.41) is 18.6. The second-order valence-corrected chi connectivity index (χ2v) is 5.02. The lowest BCUT2D eigenvalue weighted by atomic mass is 10.2. The SMILES string of the molecule is Cc1cc(Nc2cncc(C(=O)Nc3ccccc3C#N)c2)no1. The normalized spacial score (nSPS) is 10.0. The van der Waals surface area contributed by atoms with Gasteiger partial charge >= 0.3 is 0 Å². The predicted molar refractivity (Wildman–Crippen MR) is 87.9 cm³/mol. The Bertz CT molecular complexity index is 926. The average Bonchev–Trinajstić information content (AvgIpc) is 3.00. The van der Waals surface area contributed by atoms with E-state index < -0.39 is 0 Å². The molecule has 1 amide bonds. The molecule has 7 heteroatoms. The minimum atomic E-state index is -0.356. The van der Waals surface area contributed by atoms with Gasteiger partial charge in [-0.2, -0.15) is 5.26 Å². The Balaban J connectivity index is 1.78. The molecule has 24 heavy (non-hydrogen) atoms. The second-order valence-electron chi connectivity index (χ2n) is 5.02. The van der Waals surface area contributed by atoms with E-state index in [1.165, 1.54) is 6.20 Å². The van der Waals surface area contributed by atoms with E-state index in [0.717, 1.165) is 0 Å². The lowest BCUT2D eigenvalue weighted by molar-refractivity contribution is 0.102. The molecule has 0 atom stereocenters. The smallest absolute Gasteiger partial charge is 0.257 e. The van der Waals surface area contributed by atoms with Gasteiger partial charge < -0.3 is 15.2 Å². The number of carbonyl (C=O) groups excluding carboxylic acids is 1. The zero-order valence-corrected chi connectivity index (χ0v) is 12.8. The molecule has 118 valence electrons. The van der Waals surface area contributed by atoms with Crippen LogP contribution >= 0.6 is 0 Å². The largest absolute Gasteiger partial charge is 0.360 e. The number of benzene rings is 1. The maximum atomic E-state index is 12.4. The van der Waals surface area contributed by atoms with Crippen molar-refractivity contribution in [2.75, 3.05) is 10.6 Å². The van der Waals surface area contributed by atoms with Gasteiger partial charge in [-0.1, -0.05) is 17.3 Å². The lowest BCUT2D eigenvalue weighted by Gasteiger charge is -2.08. The molecule has 0 aliphatic carbocycles. The maximum Gasteiger partial charge on any atom is 0.257 e. The summed E-state index contributed by atoms with van der Waals surface area (Å²) in [6.07, 6.45) is 3.02. The van der Waals surface area contributed by atoms with E-state index in [-0.39, 0.29) is 5.91 Å². The van der Waals surface area contributed by atoms with Gasteiger partial charge in [0.15, 0.2) is 5.82 Å². The Morgan fingerprint density at radius 2 is 2.08 bits per heavy atom. The van der Waals surface area contributed by atoms with Gasteiger partial charge in [-0.25, -0.2) is 0 Å². The Morgan fingerprint density at radius 3 is 2.83 bits per heavy atom. The summed E-state index contributed by atoms with van der Waals surface area (Å²) in [6, 6.07) is 12.2. The second kappa shape index (κ2) is 6.62. The molecule has 3 rings (SSSR count). The van der Waals surface area contributed by atoms with Gasteiger partial charge in [-0.15, -0.1) is 0 Å². The van der Waals surface area contributed by atoms with E-state index in [2.05, 4.69) is 20.8 Å². The number of nitrogens with one attached hydrogen (secondary N) is 2. The highest BCUT2D eigenvalue weighted by molar-refractivity contribution is 6.05. The van der Waals surface area contributed by atoms with Gasteiger partial charge in [0.25, 0.3) is 5.91 Å². The van der Waals surface area contributed by atoms with Crippen molar-refractivity contribution in [3.63, 3.8) is 0 Å². The minimum Gasteiger partial charge on any atom is -0.360 e. The number of aryl methyl sites for hydroxylation is 1. The number of hydrogen-bond donors (Lipinski definition) is 2. The summed E-state index contributed by atoms with van der Waals surface area (Å²) in [7, 11) is 0. The number of nitriles is 1. The van der Waals surface area contributed by atoms with Crippen LogP contribution in [0.1, 0.15) is 21.7 Å². The van der Waals surface area contributed by atoms with Crippen molar-refractivity contribution in [3.05, 3.63) is 65.7 Å². The summed E-state index contributed by atoms with van der Waals surface area (Å²) < 4.78 is 4.98. The summed E-state index contributed by atoms with van der Waals surface area (Å²) in [6.45, 7) is 1.78. The van der Waals surface area contributed by atoms with Crippen LogP contribution in [-0.4, -0.2) is 16.0 Å². The molecule has 1 aromatic carbocycles. The van der Waals surface area contributed by atoms with Crippen LogP contribution in [0.25, 0.3) is 0 Å². The van der Waals surface area contributed by atoms with Crippen molar-refractivity contribution in [3.8, 4) is 6.07 Å². The number of anilines is 3. The van der Waals surface area contributed by atoms with Crippen LogP contribution in [0.5, 0.6) is 0 Å². The summed E-state index contributed by atoms with van der Waals surface area (Å²) in [5.74, 6) is 0.847. The molecule has 0 aliphatic heterocycles. The van der Waals surface area contributed by atoms with Crippen molar-refractivity contribution in [2.45, 2.75) is 6.92 Å². The van der Waals surface area contributed by atoms with Gasteiger partial charge in [0, 0.05) is 12.3 Å². The molecule has 2 heterocycles. The molecular weight excluding hydrogens is 306 g/mol. The highest BCUT2D eigenvalue weighted by atomic mass is 16.5. The molecule has 0 spiro atoms. The third-order valence-corrected chi connectivity index (χ3v) is 3.20. The van der Waals surface area contributed by atoms with Crippen molar-refractivity contribution in [1.82, 2.24) is 10.1 Å². The molecule has 0 saturated carbocycles. The molecule has 2 aromatic heterocycles. The Labute approximate surface area is 137 Å². The fourth-order valence-corrected chi connectivity index (χ4v) is 2.09. The predicted octanol–water partition coefficient (Wildman–Crippen LogP) is 3.25. The van der Waals surface area contributed by atoms with E-state index in [9.17, 15) is 4.79 Å². The van der Waals surface area contributed by atoms with Crippen LogP contribution in [0.15, 0.2) is 53.3 Å². The van der Waals surface area contributed by atoms with Crippen LogP contribution in [0, 0.1) is 18.3 Å². The standard InChI is InChI=1S/C17H13N5O2/c1-11-6-16(22-24-11)20-14-7-13(9-19-10-14)17(23)21-15-5-3-2-4-12(15)8-18/h2-7,9-10H,1H3,(H,20,22)(H,21,23). The third kappa shape index (κ3) is 3.39. The van der Waals surface area contributed by atoms with Gasteiger partial charge in [0.1, 0.15) is 11.8 Å². The van der Waals surface area contributed by atoms with Crippen LogP contribution < -0.4 is 10.6 Å². The Hall–Kier alpha value is -3.66. The van der Waals surface area contributed by atoms with E-state index in [1.807, 2.05) is 6.07 Å². The number of amides is 1. The topological polar surface area (TPSA) is 104 Å². The van der Waals surface area contributed by atoms with Gasteiger partial charge in [-0.05, 0) is 25.1 Å². The number of para-hydroxylation sites is 1. The molecule has 0 unspecified atom stereocenters. The molecule has 0 radical (unpaired) electrons. The Kier molecular flexibility index (Phi) is 4.21. The van der Waals surface area contributed by atoms with E-state index >= 15 is 0 Å². The number of rotatable bonds is 4. The van der Waals surface area contributed by atoms with E-state index in [4.69, 9.17) is 9.78 Å². The lowest BCUT2D eigenvalue weighted by Crippen LogP contribution is -2.13. The maximum absolute atomic E-state index is 12.4. The fourth-order valence-electron chi connectivity index (χ4n) is 2.09. The summed E-state index contributed by atoms with van der Waals surface area (Å²) in [4.78, 5) is 16.4. The van der Waals surface area contributed by atoms with E-state index in [0.29, 0.717) is 34.1 Å². The number of carbonyl (C=O) groups is 1. The highest BCUT2D eigenvalue weighted by Crippen LogP contribution is 2.18. The molecule has 0 saturated heterocycles. The van der Waals surface area contributed by atoms with Crippen LogP contribution in [-0.2, 0) is 0 Å². The van der Waals surface area contributed by atoms with Crippen LogP contribution in [0.2, 0.25) is 0 Å². The number of aromatic nitrogens is 2. The van der Waals surface area contributed by atoms with Crippen molar-refractivity contribution in [1.29, 1.82) is 5.26 Å². The monoisotopic (exact) mass is 319 g/mol. The zero-order chi connectivity index (χ0) is 16.9. The zero-order valence-electron chi connectivity index (χ0n) is 12.8. The van der Waals surface area contributed by atoms with Crippen LogP contribution in [0.3, 0.4) is 0 Å². The average molecular weight is 319 g/mol. The molecule has 7 nitrogen and oxygen atoms in total. The third-order valence-electron chi connectivity index (χ3n) is 3.20. The first-order valence-electron chi connectivity index (χ1n) is 7.11. The van der Waals surface area contributed by atoms with Gasteiger partial charge in [-0.3, -0.25) is 9.78 Å². The first kappa shape index (κ1) is 15.2. The molecule has 2 N–H and O–H groups in total. The van der Waals surface area contributed by atoms with Gasteiger partial charge in [0.05, 0.1) is 28.7 Å². The molecular formula is C17H13N5O2. The molecule has 0 bridgehead atoms. The van der Waals surface area contributed by atoms with Gasteiger partial charge in [0.2, 0.25) is 0 Å². The number of hydrogen-bond acceptors (Lipinski definition) is 6. The quantitative estimate of drug-likeness (QED) is 0.765. The highest BCUT2D eigenvalue weighted by Gasteiger charge is 2.10.